The first-order valence-electron chi connectivity index (χ1n) is 7.63. The Morgan fingerprint density at radius 3 is 2.81 bits per heavy atom. The van der Waals surface area contributed by atoms with Gasteiger partial charge in [-0.25, -0.2) is 13.1 Å². The second kappa shape index (κ2) is 7.04. The smallest absolute Gasteiger partial charge is 0.264 e. The molecule has 0 fully saturated rings. The average molecular weight is 376 g/mol. The Bertz CT molecular complexity index is 971. The van der Waals surface area contributed by atoms with Crippen molar-refractivity contribution < 1.29 is 27.5 Å². The Hall–Kier alpha value is -3.07. The first-order chi connectivity index (χ1) is 12.4. The zero-order valence-electron chi connectivity index (χ0n) is 13.8. The standard InChI is InChI=1S/C17H16N2O6S/c1-24-14-5-3-2-4-11(14)8-16(20)19-26(22,23)12-6-7-15-13(9-12)18-17(21)10-25-15/h2-7,9H,8,10H2,1H3,(H,18,21)(H,19,20). The van der Waals surface area contributed by atoms with Crippen LogP contribution in [0.2, 0.25) is 0 Å². The number of anilines is 1. The molecule has 1 heterocycles. The van der Waals surface area contributed by atoms with Crippen molar-refractivity contribution in [3.8, 4) is 11.5 Å². The zero-order chi connectivity index (χ0) is 18.7. The number of benzene rings is 2. The summed E-state index contributed by atoms with van der Waals surface area (Å²) in [5.74, 6) is -0.225. The molecule has 0 unspecified atom stereocenters. The molecule has 0 radical (unpaired) electrons. The number of hydrogen-bond acceptors (Lipinski definition) is 6. The lowest BCUT2D eigenvalue weighted by molar-refractivity contribution is -0.119. The third-order valence-corrected chi connectivity index (χ3v) is 5.06. The molecular weight excluding hydrogens is 360 g/mol. The molecule has 136 valence electrons. The van der Waals surface area contributed by atoms with Crippen LogP contribution < -0.4 is 19.5 Å². The quantitative estimate of drug-likeness (QED) is 0.808. The molecule has 0 bridgehead atoms. The number of amides is 2. The van der Waals surface area contributed by atoms with E-state index in [4.69, 9.17) is 9.47 Å². The molecule has 0 saturated heterocycles. The van der Waals surface area contributed by atoms with Gasteiger partial charge in [-0.15, -0.1) is 0 Å². The molecule has 3 rings (SSSR count). The monoisotopic (exact) mass is 376 g/mol. The Kier molecular flexibility index (Phi) is 4.81. The summed E-state index contributed by atoms with van der Waals surface area (Å²) in [5, 5.41) is 2.52. The summed E-state index contributed by atoms with van der Waals surface area (Å²) in [6.45, 7) is -0.130. The highest BCUT2D eigenvalue weighted by Gasteiger charge is 2.23. The summed E-state index contributed by atoms with van der Waals surface area (Å²) >= 11 is 0. The number of nitrogens with one attached hydrogen (secondary N) is 2. The molecule has 2 amide bonds. The molecule has 0 aromatic heterocycles. The highest BCUT2D eigenvalue weighted by atomic mass is 32.2. The van der Waals surface area contributed by atoms with Gasteiger partial charge in [-0.05, 0) is 24.3 Å². The van der Waals surface area contributed by atoms with Crippen LogP contribution in [0.25, 0.3) is 0 Å². The Labute approximate surface area is 150 Å². The van der Waals surface area contributed by atoms with Gasteiger partial charge in [-0.3, -0.25) is 9.59 Å². The fraction of sp³-hybridized carbons (Fsp3) is 0.176. The maximum Gasteiger partial charge on any atom is 0.264 e. The van der Waals surface area contributed by atoms with Gasteiger partial charge in [0, 0.05) is 5.56 Å². The number of carbonyl (C=O) groups is 2. The summed E-state index contributed by atoms with van der Waals surface area (Å²) in [5.41, 5.74) is 0.801. The molecule has 1 aliphatic rings. The lowest BCUT2D eigenvalue weighted by Crippen LogP contribution is -2.32. The minimum Gasteiger partial charge on any atom is -0.496 e. The van der Waals surface area contributed by atoms with E-state index in [1.807, 2.05) is 4.72 Å². The van der Waals surface area contributed by atoms with Crippen molar-refractivity contribution in [3.63, 3.8) is 0 Å². The van der Waals surface area contributed by atoms with E-state index in [-0.39, 0.29) is 29.5 Å². The van der Waals surface area contributed by atoms with Crippen molar-refractivity contribution in [1.29, 1.82) is 0 Å². The first kappa shape index (κ1) is 17.7. The van der Waals surface area contributed by atoms with Gasteiger partial charge in [-0.1, -0.05) is 18.2 Å². The van der Waals surface area contributed by atoms with E-state index in [1.165, 1.54) is 25.3 Å². The van der Waals surface area contributed by atoms with Crippen molar-refractivity contribution in [2.45, 2.75) is 11.3 Å². The molecule has 26 heavy (non-hydrogen) atoms. The lowest BCUT2D eigenvalue weighted by Gasteiger charge is -2.18. The van der Waals surface area contributed by atoms with Gasteiger partial charge in [-0.2, -0.15) is 0 Å². The van der Waals surface area contributed by atoms with E-state index in [0.717, 1.165) is 0 Å². The van der Waals surface area contributed by atoms with E-state index >= 15 is 0 Å². The van der Waals surface area contributed by atoms with E-state index < -0.39 is 15.9 Å². The number of rotatable bonds is 5. The summed E-state index contributed by atoms with van der Waals surface area (Å²) in [6, 6.07) is 10.8. The van der Waals surface area contributed by atoms with Crippen LogP contribution in [0.15, 0.2) is 47.4 Å². The predicted octanol–water partition coefficient (Wildman–Crippen LogP) is 1.07. The highest BCUT2D eigenvalue weighted by molar-refractivity contribution is 7.90. The van der Waals surface area contributed by atoms with Crippen molar-refractivity contribution >= 4 is 27.5 Å². The van der Waals surface area contributed by atoms with Crippen LogP contribution in [0, 0.1) is 0 Å². The number of fused-ring (bicyclic) bond motifs is 1. The topological polar surface area (TPSA) is 111 Å². The van der Waals surface area contributed by atoms with Crippen LogP contribution in [0.3, 0.4) is 0 Å². The van der Waals surface area contributed by atoms with E-state index in [0.29, 0.717) is 17.1 Å². The van der Waals surface area contributed by atoms with Crippen LogP contribution in [-0.4, -0.2) is 33.9 Å². The molecule has 2 aromatic rings. The summed E-state index contributed by atoms with van der Waals surface area (Å²) < 4.78 is 37.2. The molecule has 0 aliphatic carbocycles. The third-order valence-electron chi connectivity index (χ3n) is 3.69. The Morgan fingerprint density at radius 2 is 2.04 bits per heavy atom. The average Bonchev–Trinajstić information content (AvgIpc) is 2.61. The van der Waals surface area contributed by atoms with Gasteiger partial charge in [0.2, 0.25) is 5.91 Å². The number of hydrogen-bond donors (Lipinski definition) is 2. The van der Waals surface area contributed by atoms with E-state index in [9.17, 15) is 18.0 Å². The number of ether oxygens (including phenoxy) is 2. The number of carbonyl (C=O) groups excluding carboxylic acids is 2. The largest absolute Gasteiger partial charge is 0.496 e. The van der Waals surface area contributed by atoms with Crippen LogP contribution in [0.4, 0.5) is 5.69 Å². The number of para-hydroxylation sites is 1. The predicted molar refractivity (Wildman–Crippen MR) is 92.6 cm³/mol. The maximum absolute atomic E-state index is 12.4. The van der Waals surface area contributed by atoms with Crippen molar-refractivity contribution in [3.05, 3.63) is 48.0 Å². The SMILES string of the molecule is COc1ccccc1CC(=O)NS(=O)(=O)c1ccc2c(c1)NC(=O)CO2. The summed E-state index contributed by atoms with van der Waals surface area (Å²) in [6.07, 6.45) is -0.159. The normalized spacial score (nSPS) is 13.2. The molecule has 8 nitrogen and oxygen atoms in total. The van der Waals surface area contributed by atoms with Crippen molar-refractivity contribution in [2.75, 3.05) is 19.0 Å². The molecule has 1 aliphatic heterocycles. The van der Waals surface area contributed by atoms with E-state index in [2.05, 4.69) is 5.32 Å². The fourth-order valence-corrected chi connectivity index (χ4v) is 3.51. The van der Waals surface area contributed by atoms with Gasteiger partial charge >= 0.3 is 0 Å². The number of sulfonamides is 1. The fourth-order valence-electron chi connectivity index (χ4n) is 2.50. The molecule has 9 heteroatoms. The first-order valence-corrected chi connectivity index (χ1v) is 9.11. The molecule has 2 N–H and O–H groups in total. The van der Waals surface area contributed by atoms with Crippen molar-refractivity contribution in [1.82, 2.24) is 4.72 Å². The van der Waals surface area contributed by atoms with E-state index in [1.54, 1.807) is 24.3 Å². The van der Waals surface area contributed by atoms with Gasteiger partial charge < -0.3 is 14.8 Å². The summed E-state index contributed by atoms with van der Waals surface area (Å²) in [4.78, 5) is 23.4. The van der Waals surface area contributed by atoms with Crippen LogP contribution in [0.5, 0.6) is 11.5 Å². The molecular formula is C17H16N2O6S. The Balaban J connectivity index is 1.77. The second-order valence-corrected chi connectivity index (χ2v) is 7.19. The number of methoxy groups -OCH3 is 1. The van der Waals surface area contributed by atoms with Crippen LogP contribution >= 0.6 is 0 Å². The van der Waals surface area contributed by atoms with Crippen LogP contribution in [-0.2, 0) is 26.0 Å². The zero-order valence-corrected chi connectivity index (χ0v) is 14.6. The molecule has 0 saturated carbocycles. The minimum absolute atomic E-state index is 0.130. The van der Waals surface area contributed by atoms with Gasteiger partial charge in [0.05, 0.1) is 24.1 Å². The maximum atomic E-state index is 12.4. The lowest BCUT2D eigenvalue weighted by atomic mass is 10.1. The van der Waals surface area contributed by atoms with Gasteiger partial charge in [0.1, 0.15) is 11.5 Å². The third kappa shape index (κ3) is 3.77. The van der Waals surface area contributed by atoms with Crippen molar-refractivity contribution in [2.24, 2.45) is 0 Å². The Morgan fingerprint density at radius 1 is 1.27 bits per heavy atom. The summed E-state index contributed by atoms with van der Waals surface area (Å²) in [7, 11) is -2.63. The van der Waals surface area contributed by atoms with Gasteiger partial charge in [0.25, 0.3) is 15.9 Å². The second-order valence-electron chi connectivity index (χ2n) is 5.51. The minimum atomic E-state index is -4.10. The molecule has 2 aromatic carbocycles. The molecule has 0 spiro atoms. The van der Waals surface area contributed by atoms with Gasteiger partial charge in [0.15, 0.2) is 6.61 Å². The highest BCUT2D eigenvalue weighted by Crippen LogP contribution is 2.30. The van der Waals surface area contributed by atoms with Crippen LogP contribution in [0.1, 0.15) is 5.56 Å². The molecule has 0 atom stereocenters.